The molecule has 3 N–H and O–H groups in total. The minimum Gasteiger partial charge on any atom is -0.397 e. The van der Waals surface area contributed by atoms with E-state index in [9.17, 15) is 4.79 Å². The third kappa shape index (κ3) is 6.77. The number of hydrogen-bond donors (Lipinski definition) is 2. The molecule has 0 aliphatic rings. The zero-order chi connectivity index (χ0) is 15.7. The van der Waals surface area contributed by atoms with E-state index in [1.165, 1.54) is 0 Å². The first-order valence-corrected chi connectivity index (χ1v) is 6.99. The Balaban J connectivity index is 2.53. The lowest BCUT2D eigenvalue weighted by molar-refractivity contribution is -0.117. The first-order valence-electron chi connectivity index (χ1n) is 6.62. The molecule has 0 radical (unpaired) electrons. The summed E-state index contributed by atoms with van der Waals surface area (Å²) >= 11 is 5.84. The summed E-state index contributed by atoms with van der Waals surface area (Å²) in [6, 6.07) is 5.00. The number of benzene rings is 1. The van der Waals surface area contributed by atoms with Gasteiger partial charge in [0.1, 0.15) is 0 Å². The van der Waals surface area contributed by atoms with Crippen molar-refractivity contribution in [3.63, 3.8) is 0 Å². The highest BCUT2D eigenvalue weighted by Gasteiger charge is 2.11. The van der Waals surface area contributed by atoms with Crippen LogP contribution >= 0.6 is 11.6 Å². The molecule has 1 amide bonds. The monoisotopic (exact) mass is 315 g/mol. The number of carbonyl (C=O) groups excluding carboxylic acids is 1. The van der Waals surface area contributed by atoms with Gasteiger partial charge in [-0.1, -0.05) is 11.6 Å². The van der Waals surface area contributed by atoms with Crippen LogP contribution < -0.4 is 11.1 Å². The molecule has 0 spiro atoms. The van der Waals surface area contributed by atoms with Gasteiger partial charge in [-0.05, 0) is 18.2 Å². The molecule has 118 valence electrons. The average molecular weight is 316 g/mol. The van der Waals surface area contributed by atoms with Crippen molar-refractivity contribution < 1.29 is 14.3 Å². The Labute approximate surface area is 130 Å². The van der Waals surface area contributed by atoms with Gasteiger partial charge >= 0.3 is 0 Å². The molecule has 0 aliphatic heterocycles. The van der Waals surface area contributed by atoms with Crippen LogP contribution in [0.1, 0.15) is 0 Å². The van der Waals surface area contributed by atoms with Crippen molar-refractivity contribution in [2.24, 2.45) is 0 Å². The molecule has 0 saturated heterocycles. The number of nitrogens with two attached hydrogens (primary N) is 1. The Kier molecular flexibility index (Phi) is 8.07. The molecule has 1 rings (SSSR count). The van der Waals surface area contributed by atoms with Gasteiger partial charge in [-0.25, -0.2) is 0 Å². The lowest BCUT2D eigenvalue weighted by atomic mass is 10.3. The Bertz CT molecular complexity index is 449. The molecular weight excluding hydrogens is 294 g/mol. The number of hydrogen-bond acceptors (Lipinski definition) is 5. The Morgan fingerprint density at radius 2 is 1.90 bits per heavy atom. The zero-order valence-electron chi connectivity index (χ0n) is 12.4. The van der Waals surface area contributed by atoms with Gasteiger partial charge in [0, 0.05) is 33.0 Å². The van der Waals surface area contributed by atoms with Crippen molar-refractivity contribution in [2.45, 2.75) is 0 Å². The predicted octanol–water partition coefficient (Wildman–Crippen LogP) is 1.46. The molecule has 0 aliphatic carbocycles. The highest BCUT2D eigenvalue weighted by molar-refractivity contribution is 6.33. The first-order chi connectivity index (χ1) is 10.1. The standard InChI is InChI=1S/C14H22ClN3O3/c1-20-7-5-18(6-8-21-2)10-14(19)17-11-3-4-12(15)13(16)9-11/h3-4,9H,5-8,10,16H2,1-2H3,(H,17,19). The number of nitrogens with zero attached hydrogens (tertiary/aromatic N) is 1. The zero-order valence-corrected chi connectivity index (χ0v) is 13.2. The maximum atomic E-state index is 12.0. The molecule has 21 heavy (non-hydrogen) atoms. The van der Waals surface area contributed by atoms with E-state index < -0.39 is 0 Å². The second-order valence-corrected chi connectivity index (χ2v) is 4.95. The van der Waals surface area contributed by atoms with E-state index in [1.54, 1.807) is 32.4 Å². The van der Waals surface area contributed by atoms with E-state index in [0.29, 0.717) is 42.7 Å². The first kappa shape index (κ1) is 17.7. The fourth-order valence-corrected chi connectivity index (χ4v) is 1.85. The van der Waals surface area contributed by atoms with Crippen molar-refractivity contribution in [1.82, 2.24) is 4.90 Å². The molecule has 0 aromatic heterocycles. The van der Waals surface area contributed by atoms with E-state index in [1.807, 2.05) is 4.90 Å². The maximum Gasteiger partial charge on any atom is 0.238 e. The van der Waals surface area contributed by atoms with Crippen LogP contribution in [0, 0.1) is 0 Å². The van der Waals surface area contributed by atoms with Gasteiger partial charge in [-0.2, -0.15) is 0 Å². The van der Waals surface area contributed by atoms with Crippen molar-refractivity contribution in [2.75, 3.05) is 58.1 Å². The molecule has 0 bridgehead atoms. The molecule has 0 saturated carbocycles. The smallest absolute Gasteiger partial charge is 0.238 e. The summed E-state index contributed by atoms with van der Waals surface area (Å²) in [6.07, 6.45) is 0. The molecule has 0 fully saturated rings. The second-order valence-electron chi connectivity index (χ2n) is 4.55. The summed E-state index contributed by atoms with van der Waals surface area (Å²) < 4.78 is 10.1. The number of halogens is 1. The normalized spacial score (nSPS) is 10.9. The van der Waals surface area contributed by atoms with E-state index >= 15 is 0 Å². The molecule has 6 nitrogen and oxygen atoms in total. The fourth-order valence-electron chi connectivity index (χ4n) is 1.74. The van der Waals surface area contributed by atoms with Gasteiger partial charge in [0.2, 0.25) is 5.91 Å². The van der Waals surface area contributed by atoms with Crippen LogP contribution in [-0.4, -0.2) is 57.9 Å². The molecule has 0 atom stereocenters. The largest absolute Gasteiger partial charge is 0.397 e. The van der Waals surface area contributed by atoms with Gasteiger partial charge in [0.15, 0.2) is 0 Å². The number of rotatable bonds is 9. The molecule has 0 unspecified atom stereocenters. The number of ether oxygens (including phenoxy) is 2. The lowest BCUT2D eigenvalue weighted by Gasteiger charge is -2.21. The van der Waals surface area contributed by atoms with Gasteiger partial charge in [-0.15, -0.1) is 0 Å². The van der Waals surface area contributed by atoms with Crippen LogP contribution in [0.2, 0.25) is 5.02 Å². The Morgan fingerprint density at radius 3 is 2.43 bits per heavy atom. The summed E-state index contributed by atoms with van der Waals surface area (Å²) in [5, 5.41) is 3.26. The number of anilines is 2. The summed E-state index contributed by atoms with van der Waals surface area (Å²) in [5.74, 6) is -0.121. The van der Waals surface area contributed by atoms with Crippen molar-refractivity contribution in [1.29, 1.82) is 0 Å². The van der Waals surface area contributed by atoms with Gasteiger partial charge in [0.25, 0.3) is 0 Å². The molecule has 1 aromatic rings. The van der Waals surface area contributed by atoms with E-state index in [4.69, 9.17) is 26.8 Å². The van der Waals surface area contributed by atoms with E-state index in [-0.39, 0.29) is 12.5 Å². The third-order valence-electron chi connectivity index (χ3n) is 2.87. The van der Waals surface area contributed by atoms with Gasteiger partial charge in [0.05, 0.1) is 30.5 Å². The highest BCUT2D eigenvalue weighted by atomic mass is 35.5. The molecular formula is C14H22ClN3O3. The third-order valence-corrected chi connectivity index (χ3v) is 3.21. The van der Waals surface area contributed by atoms with Crippen LogP contribution in [0.4, 0.5) is 11.4 Å². The number of carbonyl (C=O) groups is 1. The van der Waals surface area contributed by atoms with Gasteiger partial charge < -0.3 is 20.5 Å². The minimum atomic E-state index is -0.121. The topological polar surface area (TPSA) is 76.8 Å². The molecule has 1 aromatic carbocycles. The maximum absolute atomic E-state index is 12.0. The van der Waals surface area contributed by atoms with Crippen LogP contribution in [0.15, 0.2) is 18.2 Å². The van der Waals surface area contributed by atoms with Crippen LogP contribution in [0.5, 0.6) is 0 Å². The fraction of sp³-hybridized carbons (Fsp3) is 0.500. The van der Waals surface area contributed by atoms with Crippen LogP contribution in [0.25, 0.3) is 0 Å². The lowest BCUT2D eigenvalue weighted by Crippen LogP contribution is -2.37. The van der Waals surface area contributed by atoms with Gasteiger partial charge in [-0.3, -0.25) is 9.69 Å². The second kappa shape index (κ2) is 9.57. The summed E-state index contributed by atoms with van der Waals surface area (Å²) in [6.45, 7) is 2.71. The molecule has 0 heterocycles. The average Bonchev–Trinajstić information content (AvgIpc) is 2.45. The molecule has 7 heteroatoms. The van der Waals surface area contributed by atoms with Crippen molar-refractivity contribution >= 4 is 28.9 Å². The quantitative estimate of drug-likeness (QED) is 0.675. The van der Waals surface area contributed by atoms with Crippen LogP contribution in [-0.2, 0) is 14.3 Å². The SMILES string of the molecule is COCCN(CCOC)CC(=O)Nc1ccc(Cl)c(N)c1. The highest BCUT2D eigenvalue weighted by Crippen LogP contribution is 2.22. The number of methoxy groups -OCH3 is 2. The van der Waals surface area contributed by atoms with Crippen molar-refractivity contribution in [3.8, 4) is 0 Å². The number of amides is 1. The Hall–Kier alpha value is -1.34. The summed E-state index contributed by atoms with van der Waals surface area (Å²) in [7, 11) is 3.26. The van der Waals surface area contributed by atoms with Crippen LogP contribution in [0.3, 0.4) is 0 Å². The summed E-state index contributed by atoms with van der Waals surface area (Å²) in [4.78, 5) is 14.0. The summed E-state index contributed by atoms with van der Waals surface area (Å²) in [5.41, 5.74) is 6.76. The number of nitrogen functional groups attached to an aromatic ring is 1. The Morgan fingerprint density at radius 1 is 1.29 bits per heavy atom. The van der Waals surface area contributed by atoms with Crippen molar-refractivity contribution in [3.05, 3.63) is 23.2 Å². The van der Waals surface area contributed by atoms with E-state index in [0.717, 1.165) is 0 Å². The minimum absolute atomic E-state index is 0.121. The number of nitrogens with one attached hydrogen (secondary N) is 1. The predicted molar refractivity (Wildman–Crippen MR) is 84.7 cm³/mol. The van der Waals surface area contributed by atoms with E-state index in [2.05, 4.69) is 5.32 Å².